The lowest BCUT2D eigenvalue weighted by Crippen LogP contribution is -2.32. The van der Waals surface area contributed by atoms with E-state index in [1.54, 1.807) is 30.3 Å². The Kier molecular flexibility index (Phi) is 6.68. The molecule has 0 saturated heterocycles. The fourth-order valence-electron chi connectivity index (χ4n) is 2.87. The van der Waals surface area contributed by atoms with Crippen LogP contribution >= 0.6 is 0 Å². The van der Waals surface area contributed by atoms with Crippen LogP contribution in [0.5, 0.6) is 11.5 Å². The lowest BCUT2D eigenvalue weighted by Gasteiger charge is -2.23. The first-order chi connectivity index (χ1) is 14.0. The lowest BCUT2D eigenvalue weighted by atomic mass is 10.1. The number of amides is 1. The van der Waals surface area contributed by atoms with Crippen LogP contribution in [-0.4, -0.2) is 37.2 Å². The molecule has 1 amide bonds. The number of anilines is 1. The topological polar surface area (TPSA) is 54.9 Å². The van der Waals surface area contributed by atoms with Gasteiger partial charge in [-0.05, 0) is 47.5 Å². The van der Waals surface area contributed by atoms with Crippen molar-refractivity contribution in [1.82, 2.24) is 9.88 Å². The van der Waals surface area contributed by atoms with Crippen LogP contribution in [0.15, 0.2) is 73.1 Å². The van der Waals surface area contributed by atoms with Crippen molar-refractivity contribution in [3.05, 3.63) is 84.2 Å². The molecular weight excluding hydrogens is 366 g/mol. The number of ether oxygens (including phenoxy) is 2. The number of rotatable bonds is 7. The molecular formula is C23H25N3O3. The van der Waals surface area contributed by atoms with Crippen molar-refractivity contribution in [3.8, 4) is 11.5 Å². The molecule has 1 heterocycles. The maximum atomic E-state index is 12.9. The molecule has 6 nitrogen and oxygen atoms in total. The van der Waals surface area contributed by atoms with Gasteiger partial charge in [0.15, 0.2) is 5.75 Å². The number of methoxy groups -OCH3 is 1. The molecule has 150 valence electrons. The molecule has 0 fully saturated rings. The third-order valence-corrected chi connectivity index (χ3v) is 4.43. The van der Waals surface area contributed by atoms with Crippen molar-refractivity contribution >= 4 is 11.8 Å². The highest BCUT2D eigenvalue weighted by Gasteiger charge is 2.18. The molecule has 0 aliphatic heterocycles. The fourth-order valence-corrected chi connectivity index (χ4v) is 2.87. The molecule has 6 heteroatoms. The van der Waals surface area contributed by atoms with E-state index >= 15 is 0 Å². The fraction of sp³-hybridized carbons (Fsp3) is 0.217. The number of carbonyl (C=O) groups excluding carboxylic acids is 1. The Hall–Kier alpha value is -3.54. The Morgan fingerprint density at radius 2 is 1.66 bits per heavy atom. The van der Waals surface area contributed by atoms with E-state index in [1.807, 2.05) is 67.5 Å². The van der Waals surface area contributed by atoms with Crippen molar-refractivity contribution in [2.45, 2.75) is 13.1 Å². The number of hydrogen-bond acceptors (Lipinski definition) is 5. The van der Waals surface area contributed by atoms with E-state index in [-0.39, 0.29) is 0 Å². The summed E-state index contributed by atoms with van der Waals surface area (Å²) in [5.41, 5.74) is 3.07. The molecule has 0 atom stereocenters. The van der Waals surface area contributed by atoms with Gasteiger partial charge in [-0.3, -0.25) is 9.88 Å². The van der Waals surface area contributed by atoms with Gasteiger partial charge in [-0.1, -0.05) is 24.3 Å². The SMILES string of the molecule is COc1cccc(CN(Cc2ccc(N(C)C)cc2)C(=O)Oc2cccnc2)c1. The van der Waals surface area contributed by atoms with Crippen LogP contribution in [0.1, 0.15) is 11.1 Å². The molecule has 0 saturated carbocycles. The molecule has 0 unspecified atom stereocenters. The molecule has 2 aromatic carbocycles. The quantitative estimate of drug-likeness (QED) is 0.599. The molecule has 0 N–H and O–H groups in total. The Bertz CT molecular complexity index is 928. The molecule has 0 bridgehead atoms. The minimum Gasteiger partial charge on any atom is -0.497 e. The molecule has 0 aliphatic rings. The van der Waals surface area contributed by atoms with E-state index in [1.165, 1.54) is 6.20 Å². The molecule has 0 aliphatic carbocycles. The van der Waals surface area contributed by atoms with Crippen LogP contribution in [0.25, 0.3) is 0 Å². The van der Waals surface area contributed by atoms with E-state index in [9.17, 15) is 4.79 Å². The highest BCUT2D eigenvalue weighted by atomic mass is 16.6. The smallest absolute Gasteiger partial charge is 0.415 e. The van der Waals surface area contributed by atoms with Crippen LogP contribution in [-0.2, 0) is 13.1 Å². The second kappa shape index (κ2) is 9.59. The minimum absolute atomic E-state index is 0.395. The summed E-state index contributed by atoms with van der Waals surface area (Å²) in [6.07, 6.45) is 2.73. The Morgan fingerprint density at radius 1 is 0.931 bits per heavy atom. The third-order valence-electron chi connectivity index (χ3n) is 4.43. The predicted octanol–water partition coefficient (Wildman–Crippen LogP) is 4.36. The maximum absolute atomic E-state index is 12.9. The molecule has 3 aromatic rings. The van der Waals surface area contributed by atoms with Gasteiger partial charge >= 0.3 is 6.09 Å². The first-order valence-electron chi connectivity index (χ1n) is 9.31. The molecule has 1 aromatic heterocycles. The second-order valence-corrected chi connectivity index (χ2v) is 6.83. The van der Waals surface area contributed by atoms with E-state index in [0.29, 0.717) is 18.8 Å². The van der Waals surface area contributed by atoms with Crippen LogP contribution in [0.4, 0.5) is 10.5 Å². The number of aromatic nitrogens is 1. The predicted molar refractivity (Wildman–Crippen MR) is 113 cm³/mol. The van der Waals surface area contributed by atoms with Crippen molar-refractivity contribution in [1.29, 1.82) is 0 Å². The van der Waals surface area contributed by atoms with E-state index < -0.39 is 6.09 Å². The summed E-state index contributed by atoms with van der Waals surface area (Å²) in [5.74, 6) is 1.16. The zero-order chi connectivity index (χ0) is 20.6. The summed E-state index contributed by atoms with van der Waals surface area (Å²) in [6, 6.07) is 19.2. The molecule has 3 rings (SSSR count). The average Bonchev–Trinajstić information content (AvgIpc) is 2.74. The third kappa shape index (κ3) is 5.72. The van der Waals surface area contributed by atoms with Crippen LogP contribution in [0.2, 0.25) is 0 Å². The minimum atomic E-state index is -0.433. The summed E-state index contributed by atoms with van der Waals surface area (Å²) in [6.45, 7) is 0.815. The van der Waals surface area contributed by atoms with Gasteiger partial charge < -0.3 is 14.4 Å². The van der Waals surface area contributed by atoms with Gasteiger partial charge in [-0.25, -0.2) is 4.79 Å². The highest BCUT2D eigenvalue weighted by molar-refractivity contribution is 5.70. The number of hydrogen-bond donors (Lipinski definition) is 0. The summed E-state index contributed by atoms with van der Waals surface area (Å²) >= 11 is 0. The Balaban J connectivity index is 1.80. The molecule has 0 spiro atoms. The summed E-state index contributed by atoms with van der Waals surface area (Å²) in [5, 5.41) is 0. The zero-order valence-corrected chi connectivity index (χ0v) is 16.9. The van der Waals surface area contributed by atoms with Crippen molar-refractivity contribution in [3.63, 3.8) is 0 Å². The number of benzene rings is 2. The number of carbonyl (C=O) groups is 1. The zero-order valence-electron chi connectivity index (χ0n) is 16.9. The molecule has 29 heavy (non-hydrogen) atoms. The van der Waals surface area contributed by atoms with Gasteiger partial charge in [0.2, 0.25) is 0 Å². The normalized spacial score (nSPS) is 10.3. The Labute approximate surface area is 171 Å². The largest absolute Gasteiger partial charge is 0.497 e. The van der Waals surface area contributed by atoms with Crippen LogP contribution in [0, 0.1) is 0 Å². The van der Waals surface area contributed by atoms with Gasteiger partial charge in [-0.2, -0.15) is 0 Å². The second-order valence-electron chi connectivity index (χ2n) is 6.83. The van der Waals surface area contributed by atoms with Gasteiger partial charge in [0, 0.05) is 39.1 Å². The number of nitrogens with zero attached hydrogens (tertiary/aromatic N) is 3. The highest BCUT2D eigenvalue weighted by Crippen LogP contribution is 2.19. The first-order valence-corrected chi connectivity index (χ1v) is 9.31. The van der Waals surface area contributed by atoms with Crippen molar-refractivity contribution in [2.24, 2.45) is 0 Å². The lowest BCUT2D eigenvalue weighted by molar-refractivity contribution is 0.146. The van der Waals surface area contributed by atoms with Gasteiger partial charge in [-0.15, -0.1) is 0 Å². The summed E-state index contributed by atoms with van der Waals surface area (Å²) in [7, 11) is 5.62. The van der Waals surface area contributed by atoms with E-state index in [2.05, 4.69) is 4.98 Å². The summed E-state index contributed by atoms with van der Waals surface area (Å²) < 4.78 is 10.8. The summed E-state index contributed by atoms with van der Waals surface area (Å²) in [4.78, 5) is 20.6. The van der Waals surface area contributed by atoms with E-state index in [4.69, 9.17) is 9.47 Å². The van der Waals surface area contributed by atoms with Crippen molar-refractivity contribution in [2.75, 3.05) is 26.1 Å². The molecule has 0 radical (unpaired) electrons. The maximum Gasteiger partial charge on any atom is 0.415 e. The first kappa shape index (κ1) is 20.2. The van der Waals surface area contributed by atoms with Gasteiger partial charge in [0.25, 0.3) is 0 Å². The number of pyridine rings is 1. The van der Waals surface area contributed by atoms with Crippen LogP contribution in [0.3, 0.4) is 0 Å². The monoisotopic (exact) mass is 391 g/mol. The standard InChI is InChI=1S/C23H25N3O3/c1-25(2)20-11-9-18(10-12-20)16-26(17-19-6-4-7-21(14-19)28-3)23(27)29-22-8-5-13-24-15-22/h4-15H,16-17H2,1-3H3. The average molecular weight is 391 g/mol. The van der Waals surface area contributed by atoms with Gasteiger partial charge in [0.1, 0.15) is 5.75 Å². The Morgan fingerprint density at radius 3 is 2.31 bits per heavy atom. The van der Waals surface area contributed by atoms with Crippen LogP contribution < -0.4 is 14.4 Å². The van der Waals surface area contributed by atoms with E-state index in [0.717, 1.165) is 22.6 Å². The van der Waals surface area contributed by atoms with Gasteiger partial charge in [0.05, 0.1) is 13.3 Å². The van der Waals surface area contributed by atoms with Crippen molar-refractivity contribution < 1.29 is 14.3 Å².